The number of aliphatic hydroxyl groups excluding tert-OH is 11. The Morgan fingerprint density at radius 1 is 0.800 bits per heavy atom. The lowest BCUT2D eigenvalue weighted by molar-refractivity contribution is -0.326. The number of aliphatic hydroxyl groups is 13. The molecule has 0 aromatic rings. The summed E-state index contributed by atoms with van der Waals surface area (Å²) in [6, 6.07) is -0.324. The molecule has 4 heterocycles. The number of ketones is 1. The number of likely N-dealkylation sites (N-methyl/N-ethyl adjacent to an activating group) is 1. The summed E-state index contributed by atoms with van der Waals surface area (Å²) in [5.41, 5.74) is -4.84. The van der Waals surface area contributed by atoms with E-state index in [4.69, 9.17) is 53.2 Å². The molecule has 27 atom stereocenters. The van der Waals surface area contributed by atoms with E-state index in [2.05, 4.69) is 0 Å². The summed E-state index contributed by atoms with van der Waals surface area (Å²) in [5, 5.41) is 142. The number of hydrogen-bond acceptors (Lipinski definition) is 25. The highest BCUT2D eigenvalue weighted by Gasteiger charge is 2.54. The minimum Gasteiger partial charge on any atom is -0.479 e. The van der Waals surface area contributed by atoms with E-state index in [0.717, 1.165) is 0 Å². The summed E-state index contributed by atoms with van der Waals surface area (Å²) < 4.78 is 47.0. The molecule has 2 unspecified atom stereocenters. The van der Waals surface area contributed by atoms with Crippen LogP contribution in [0.1, 0.15) is 94.9 Å². The highest BCUT2D eigenvalue weighted by molar-refractivity contribution is 5.83. The summed E-state index contributed by atoms with van der Waals surface area (Å²) in [5.74, 6) is -6.81. The monoisotopic (exact) mass is 1090 g/mol. The van der Waals surface area contributed by atoms with Gasteiger partial charge >= 0.3 is 11.9 Å². The number of rotatable bonds is 15. The summed E-state index contributed by atoms with van der Waals surface area (Å²) in [4.78, 5) is 40.5. The van der Waals surface area contributed by atoms with Gasteiger partial charge in [0.05, 0.1) is 60.9 Å². The number of carbonyl (C=O) groups excluding carboxylic acids is 2. The fourth-order valence-corrected chi connectivity index (χ4v) is 10.6. The molecule has 4 aliphatic heterocycles. The van der Waals surface area contributed by atoms with E-state index in [1.54, 1.807) is 41.5 Å². The van der Waals surface area contributed by atoms with Crippen molar-refractivity contribution in [1.29, 1.82) is 0 Å². The topological polar surface area (TPSA) is 412 Å². The number of ether oxygens (including phenoxy) is 8. The van der Waals surface area contributed by atoms with E-state index >= 15 is 0 Å². The van der Waals surface area contributed by atoms with Crippen LogP contribution in [0.2, 0.25) is 0 Å². The fraction of sp³-hybridized carbons (Fsp3) is 0.939. The van der Waals surface area contributed by atoms with Crippen LogP contribution in [0.15, 0.2) is 0 Å². The lowest BCUT2D eigenvalue weighted by atomic mass is 9.74. The van der Waals surface area contributed by atoms with Gasteiger partial charge in [-0.05, 0) is 74.9 Å². The zero-order valence-electron chi connectivity index (χ0n) is 45.3. The standard InChI is InChI=1S/C37H67NO13.C12H22O12/c1-14-25-37(10,45)30(41)20(4)27(39)18(2)16-35(8,44)32(51-34-28(40)24(38(11)12)15-19(3)47-34)21(5)29(22(6)33(43)49-25)50-26-17-36(9,46-13)31(42)23(7)48-26;13-1-3(15)10(7(18)8(19)11(21)22)24-12-9(20)6(17)5(16)4(2-14)23-12/h18-26,28-32,34,40-42,44-45H,14-17H2,1-13H3;3-10,12-20H,1-2H2,(H,21,22)/t18-,19-,20+,21+,22-,23+,24+,25?,26+,28-,29?,30-,31+,32-,34+,35-,36-,37-;3-,4-,5+,6+,7-,8-,9-,10-,12+/m11/s1. The largest absolute Gasteiger partial charge is 0.479 e. The van der Waals surface area contributed by atoms with Crippen molar-refractivity contribution in [3.05, 3.63) is 0 Å². The van der Waals surface area contributed by atoms with Crippen LogP contribution in [0.5, 0.6) is 0 Å². The number of carbonyl (C=O) groups is 3. The molecule has 14 N–H and O–H groups in total. The second-order valence-electron chi connectivity index (χ2n) is 21.8. The average molecular weight is 1090 g/mol. The van der Waals surface area contributed by atoms with E-state index in [-0.39, 0.29) is 31.4 Å². The Balaban J connectivity index is 0.000000516. The maximum Gasteiger partial charge on any atom is 0.335 e. The minimum absolute atomic E-state index is 0.0936. The Kier molecular flexibility index (Phi) is 24.8. The molecule has 4 aliphatic rings. The van der Waals surface area contributed by atoms with Crippen molar-refractivity contribution in [2.75, 3.05) is 34.4 Å². The highest BCUT2D eigenvalue weighted by atomic mass is 16.7. The van der Waals surface area contributed by atoms with E-state index in [1.165, 1.54) is 27.9 Å². The number of nitrogens with zero attached hydrogens (tertiary/aromatic N) is 1. The molecule has 0 spiro atoms. The van der Waals surface area contributed by atoms with Gasteiger partial charge in [-0.3, -0.25) is 9.59 Å². The number of carboxylic acid groups (broad SMARTS) is 1. The number of carboxylic acids is 1. The van der Waals surface area contributed by atoms with E-state index in [1.807, 2.05) is 25.9 Å². The van der Waals surface area contributed by atoms with Gasteiger partial charge in [0.1, 0.15) is 72.4 Å². The molecule has 440 valence electrons. The Morgan fingerprint density at radius 2 is 1.40 bits per heavy atom. The van der Waals surface area contributed by atoms with Crippen LogP contribution in [0.25, 0.3) is 0 Å². The summed E-state index contributed by atoms with van der Waals surface area (Å²) in [6.45, 7) is 14.6. The second-order valence-corrected chi connectivity index (χ2v) is 21.8. The Labute approximate surface area is 438 Å². The van der Waals surface area contributed by atoms with Crippen LogP contribution in [0, 0.1) is 23.7 Å². The maximum atomic E-state index is 14.1. The van der Waals surface area contributed by atoms with Crippen LogP contribution < -0.4 is 0 Å². The molecule has 0 bridgehead atoms. The van der Waals surface area contributed by atoms with Crippen molar-refractivity contribution >= 4 is 17.7 Å². The quantitative estimate of drug-likeness (QED) is 0.0698. The van der Waals surface area contributed by atoms with Crippen LogP contribution >= 0.6 is 0 Å². The van der Waals surface area contributed by atoms with E-state index < -0.39 is 182 Å². The molecule has 0 amide bonds. The molecular weight excluding hydrogens is 1000 g/mol. The summed E-state index contributed by atoms with van der Waals surface area (Å²) in [6.07, 6.45) is -26.6. The van der Waals surface area contributed by atoms with Gasteiger partial charge in [0.25, 0.3) is 0 Å². The highest BCUT2D eigenvalue weighted by Crippen LogP contribution is 2.41. The molecule has 4 rings (SSSR count). The molecule has 26 nitrogen and oxygen atoms in total. The molecule has 4 fully saturated rings. The van der Waals surface area contributed by atoms with Gasteiger partial charge in [-0.2, -0.15) is 0 Å². The van der Waals surface area contributed by atoms with Crippen molar-refractivity contribution in [3.63, 3.8) is 0 Å². The zero-order chi connectivity index (χ0) is 57.6. The first-order valence-corrected chi connectivity index (χ1v) is 25.5. The number of Topliss-reactive ketones (excluding diaryl/α,β-unsaturated/α-hetero) is 1. The predicted octanol–water partition coefficient (Wildman–Crippen LogP) is -3.88. The molecule has 0 radical (unpaired) electrons. The third-order valence-electron chi connectivity index (χ3n) is 15.4. The van der Waals surface area contributed by atoms with Crippen molar-refractivity contribution in [3.8, 4) is 0 Å². The Hall–Kier alpha value is -2.23. The molecule has 4 saturated heterocycles. The number of aliphatic carboxylic acids is 1. The van der Waals surface area contributed by atoms with Crippen molar-refractivity contribution in [1.82, 2.24) is 4.90 Å². The Morgan fingerprint density at radius 3 is 1.92 bits per heavy atom. The molecular formula is C49H89NO25. The van der Waals surface area contributed by atoms with E-state index in [0.29, 0.717) is 6.42 Å². The fourth-order valence-electron chi connectivity index (χ4n) is 10.6. The molecule has 75 heavy (non-hydrogen) atoms. The lowest BCUT2D eigenvalue weighted by Gasteiger charge is -2.49. The molecule has 0 saturated carbocycles. The number of methoxy groups -OCH3 is 1. The van der Waals surface area contributed by atoms with Crippen LogP contribution in [0.3, 0.4) is 0 Å². The Bertz CT molecular complexity index is 1790. The first kappa shape index (κ1) is 67.0. The van der Waals surface area contributed by atoms with Crippen molar-refractivity contribution in [2.24, 2.45) is 23.7 Å². The van der Waals surface area contributed by atoms with Gasteiger partial charge in [-0.15, -0.1) is 0 Å². The van der Waals surface area contributed by atoms with Crippen LogP contribution in [0.4, 0.5) is 0 Å². The van der Waals surface area contributed by atoms with Gasteiger partial charge in [0.2, 0.25) is 0 Å². The maximum absolute atomic E-state index is 14.1. The normalized spacial score (nSPS) is 45.3. The van der Waals surface area contributed by atoms with Gasteiger partial charge < -0.3 is 114 Å². The predicted molar refractivity (Wildman–Crippen MR) is 258 cm³/mol. The first-order valence-electron chi connectivity index (χ1n) is 25.5. The third-order valence-corrected chi connectivity index (χ3v) is 15.4. The number of esters is 1. The molecule has 0 aliphatic carbocycles. The second kappa shape index (κ2) is 27.8. The van der Waals surface area contributed by atoms with Crippen LogP contribution in [-0.2, 0) is 52.3 Å². The van der Waals surface area contributed by atoms with Crippen molar-refractivity contribution in [2.45, 2.75) is 234 Å². The lowest BCUT2D eigenvalue weighted by Crippen LogP contribution is -2.61. The smallest absolute Gasteiger partial charge is 0.335 e. The SMILES string of the molecule is CCC1OC(=O)[C@H](C)C(O[C@H]2C[C@@](C)(OC)[C@@H](O)[C@H](C)O2)[C@H](C)[C@@H](O[C@@H]2O[C@H](C)C[C@H](N(C)C)[C@H]2O)[C@](C)(O)C[C@@H](C)C(=O)[C@H](C)[C@@H](O)[C@]1(C)O.O=C(O)[C@H](O)[C@@H](O)[C@H](O[C@@H]1O[C@H](CO)[C@H](O)[C@H](O)[C@H]1O)[C@H](O)CO. The molecule has 26 heteroatoms. The minimum atomic E-state index is -2.39. The van der Waals surface area contributed by atoms with Gasteiger partial charge in [-0.25, -0.2) is 4.79 Å². The number of hydrogen-bond donors (Lipinski definition) is 14. The van der Waals surface area contributed by atoms with Gasteiger partial charge in [0.15, 0.2) is 25.0 Å². The number of cyclic esters (lactones) is 1. The third kappa shape index (κ3) is 15.8. The average Bonchev–Trinajstić information content (AvgIpc) is 3.35. The summed E-state index contributed by atoms with van der Waals surface area (Å²) >= 11 is 0. The zero-order valence-corrected chi connectivity index (χ0v) is 45.3. The first-order chi connectivity index (χ1) is 34.6. The van der Waals surface area contributed by atoms with E-state index in [9.17, 15) is 70.6 Å². The van der Waals surface area contributed by atoms with Crippen molar-refractivity contribution < 1.29 is 124 Å². The molecule has 0 aromatic carbocycles. The summed E-state index contributed by atoms with van der Waals surface area (Å²) in [7, 11) is 5.18. The molecule has 0 aromatic heterocycles. The van der Waals surface area contributed by atoms with Gasteiger partial charge in [0, 0.05) is 37.3 Å². The van der Waals surface area contributed by atoms with Gasteiger partial charge in [-0.1, -0.05) is 27.7 Å². The van der Waals surface area contributed by atoms with Crippen LogP contribution in [-0.4, -0.2) is 268 Å².